The van der Waals surface area contributed by atoms with Crippen molar-refractivity contribution in [2.45, 2.75) is 13.1 Å². The summed E-state index contributed by atoms with van der Waals surface area (Å²) in [6, 6.07) is 15.7. The average Bonchev–Trinajstić information content (AvgIpc) is 2.99. The van der Waals surface area contributed by atoms with Gasteiger partial charge in [-0.1, -0.05) is 41.9 Å². The van der Waals surface area contributed by atoms with Crippen LogP contribution in [0.4, 0.5) is 0 Å². The van der Waals surface area contributed by atoms with Gasteiger partial charge in [-0.15, -0.1) is 0 Å². The number of aromatic nitrogens is 2. The van der Waals surface area contributed by atoms with E-state index in [2.05, 4.69) is 27.0 Å². The van der Waals surface area contributed by atoms with E-state index < -0.39 is 0 Å². The number of fused-ring (bicyclic) bond motifs is 1. The normalized spacial score (nSPS) is 15.9. The fourth-order valence-corrected chi connectivity index (χ4v) is 3.36. The molecule has 1 aromatic heterocycles. The number of carbonyl (C=O) groups is 1. The summed E-state index contributed by atoms with van der Waals surface area (Å²) in [6.45, 7) is 3.31. The Bertz CT molecular complexity index is 893. The lowest BCUT2D eigenvalue weighted by Gasteiger charge is -2.33. The number of nitrogens with one attached hydrogen (secondary N) is 1. The van der Waals surface area contributed by atoms with Gasteiger partial charge in [0.2, 0.25) is 5.91 Å². The van der Waals surface area contributed by atoms with Crippen LogP contribution in [0.2, 0.25) is 5.02 Å². The molecule has 6 heteroatoms. The number of H-pyrrole nitrogens is 1. The first-order chi connectivity index (χ1) is 12.2. The highest BCUT2D eigenvalue weighted by Crippen LogP contribution is 2.18. The number of amides is 1. The Balaban J connectivity index is 1.39. The molecule has 1 saturated heterocycles. The minimum Gasteiger partial charge on any atom is -0.341 e. The maximum absolute atomic E-state index is 12.5. The topological polar surface area (TPSA) is 52.2 Å². The molecule has 0 unspecified atom stereocenters. The summed E-state index contributed by atoms with van der Waals surface area (Å²) in [6.07, 6.45) is 0. The number of halogens is 1. The Labute approximate surface area is 151 Å². The summed E-state index contributed by atoms with van der Waals surface area (Å²) in [5.74, 6) is 1.02. The Morgan fingerprint density at radius 1 is 1.08 bits per heavy atom. The van der Waals surface area contributed by atoms with Gasteiger partial charge in [0, 0.05) is 24.7 Å². The molecule has 1 N–H and O–H groups in total. The lowest BCUT2D eigenvalue weighted by Crippen LogP contribution is -2.49. The number of piperazine rings is 1. The molecule has 1 fully saturated rings. The summed E-state index contributed by atoms with van der Waals surface area (Å²) >= 11 is 6.01. The molecular weight excluding hydrogens is 336 g/mol. The van der Waals surface area contributed by atoms with Gasteiger partial charge in [-0.05, 0) is 23.8 Å². The molecule has 2 aromatic carbocycles. The highest BCUT2D eigenvalue weighted by molar-refractivity contribution is 6.31. The molecule has 2 heterocycles. The number of hydrogen-bond acceptors (Lipinski definition) is 3. The van der Waals surface area contributed by atoms with Gasteiger partial charge in [-0.3, -0.25) is 9.69 Å². The molecule has 0 bridgehead atoms. The van der Waals surface area contributed by atoms with Crippen LogP contribution < -0.4 is 0 Å². The van der Waals surface area contributed by atoms with Gasteiger partial charge in [0.25, 0.3) is 0 Å². The van der Waals surface area contributed by atoms with Crippen LogP contribution in [0, 0.1) is 0 Å². The molecule has 0 spiro atoms. The lowest BCUT2D eigenvalue weighted by atomic mass is 10.2. The first-order valence-corrected chi connectivity index (χ1v) is 8.73. The lowest BCUT2D eigenvalue weighted by molar-refractivity contribution is -0.136. The second-order valence-corrected chi connectivity index (χ2v) is 6.79. The summed E-state index contributed by atoms with van der Waals surface area (Å²) in [7, 11) is 0. The van der Waals surface area contributed by atoms with E-state index in [1.807, 2.05) is 41.3 Å². The number of benzene rings is 2. The van der Waals surface area contributed by atoms with E-state index in [9.17, 15) is 4.79 Å². The van der Waals surface area contributed by atoms with Gasteiger partial charge in [0.1, 0.15) is 5.82 Å². The third-order valence-corrected chi connectivity index (χ3v) is 4.72. The molecule has 1 aliphatic rings. The van der Waals surface area contributed by atoms with Crippen LogP contribution in [0.5, 0.6) is 0 Å². The number of hydrogen-bond donors (Lipinski definition) is 1. The smallest absolute Gasteiger partial charge is 0.237 e. The summed E-state index contributed by atoms with van der Waals surface area (Å²) in [5.41, 5.74) is 2.99. The molecule has 3 aromatic rings. The van der Waals surface area contributed by atoms with Crippen LogP contribution in [0.3, 0.4) is 0 Å². The molecule has 0 atom stereocenters. The van der Waals surface area contributed by atoms with Crippen LogP contribution >= 0.6 is 11.6 Å². The van der Waals surface area contributed by atoms with E-state index >= 15 is 0 Å². The van der Waals surface area contributed by atoms with E-state index in [1.165, 1.54) is 5.56 Å². The van der Waals surface area contributed by atoms with Crippen molar-refractivity contribution in [3.8, 4) is 0 Å². The minimum atomic E-state index is 0.161. The van der Waals surface area contributed by atoms with Crippen molar-refractivity contribution in [1.82, 2.24) is 19.8 Å². The molecular formula is C19H19ClN4O. The van der Waals surface area contributed by atoms with Gasteiger partial charge < -0.3 is 9.88 Å². The third kappa shape index (κ3) is 3.67. The zero-order chi connectivity index (χ0) is 17.2. The van der Waals surface area contributed by atoms with Crippen molar-refractivity contribution in [3.05, 3.63) is 64.9 Å². The molecule has 1 amide bonds. The Hall–Kier alpha value is -2.37. The standard InChI is InChI=1S/C19H19ClN4O/c20-15-6-7-16-17(10-15)22-18(21-16)12-23-8-9-24(19(25)13-23)11-14-4-2-1-3-5-14/h1-7,10H,8-9,11-13H2,(H,21,22). The largest absolute Gasteiger partial charge is 0.341 e. The minimum absolute atomic E-state index is 0.161. The molecule has 128 valence electrons. The number of imidazole rings is 1. The first kappa shape index (κ1) is 16.1. The van der Waals surface area contributed by atoms with Crippen molar-refractivity contribution in [2.24, 2.45) is 0 Å². The van der Waals surface area contributed by atoms with Crippen LogP contribution in [0.15, 0.2) is 48.5 Å². The van der Waals surface area contributed by atoms with E-state index in [0.29, 0.717) is 24.7 Å². The van der Waals surface area contributed by atoms with Crippen LogP contribution in [0.25, 0.3) is 11.0 Å². The van der Waals surface area contributed by atoms with Gasteiger partial charge in [0.15, 0.2) is 0 Å². The van der Waals surface area contributed by atoms with E-state index in [4.69, 9.17) is 11.6 Å². The number of aromatic amines is 1. The Kier molecular flexibility index (Phi) is 4.42. The van der Waals surface area contributed by atoms with Gasteiger partial charge in [-0.2, -0.15) is 0 Å². The van der Waals surface area contributed by atoms with E-state index in [1.54, 1.807) is 0 Å². The molecule has 4 rings (SSSR count). The average molecular weight is 355 g/mol. The fourth-order valence-electron chi connectivity index (χ4n) is 3.18. The third-order valence-electron chi connectivity index (χ3n) is 4.48. The second kappa shape index (κ2) is 6.86. The molecule has 0 aliphatic carbocycles. The zero-order valence-corrected chi connectivity index (χ0v) is 14.5. The predicted octanol–water partition coefficient (Wildman–Crippen LogP) is 3.06. The molecule has 0 saturated carbocycles. The van der Waals surface area contributed by atoms with Gasteiger partial charge in [0.05, 0.1) is 24.1 Å². The van der Waals surface area contributed by atoms with Gasteiger partial charge >= 0.3 is 0 Å². The summed E-state index contributed by atoms with van der Waals surface area (Å²) in [4.78, 5) is 24.4. The quantitative estimate of drug-likeness (QED) is 0.783. The number of carbonyl (C=O) groups excluding carboxylic acids is 1. The van der Waals surface area contributed by atoms with Crippen LogP contribution in [0.1, 0.15) is 11.4 Å². The number of nitrogens with zero attached hydrogens (tertiary/aromatic N) is 3. The van der Waals surface area contributed by atoms with Crippen molar-refractivity contribution >= 4 is 28.5 Å². The fraction of sp³-hybridized carbons (Fsp3) is 0.263. The maximum Gasteiger partial charge on any atom is 0.237 e. The SMILES string of the molecule is O=C1CN(Cc2nc3ccc(Cl)cc3[nH]2)CCN1Cc1ccccc1. The van der Waals surface area contributed by atoms with Crippen molar-refractivity contribution < 1.29 is 4.79 Å². The second-order valence-electron chi connectivity index (χ2n) is 6.36. The molecule has 1 aliphatic heterocycles. The molecule has 5 nitrogen and oxygen atoms in total. The van der Waals surface area contributed by atoms with Crippen molar-refractivity contribution in [3.63, 3.8) is 0 Å². The highest BCUT2D eigenvalue weighted by Gasteiger charge is 2.24. The van der Waals surface area contributed by atoms with Crippen molar-refractivity contribution in [2.75, 3.05) is 19.6 Å². The maximum atomic E-state index is 12.5. The first-order valence-electron chi connectivity index (χ1n) is 8.35. The van der Waals surface area contributed by atoms with Crippen molar-refractivity contribution in [1.29, 1.82) is 0 Å². The summed E-state index contributed by atoms with van der Waals surface area (Å²) < 4.78 is 0. The monoisotopic (exact) mass is 354 g/mol. The number of rotatable bonds is 4. The van der Waals surface area contributed by atoms with Crippen LogP contribution in [-0.4, -0.2) is 45.3 Å². The van der Waals surface area contributed by atoms with E-state index in [-0.39, 0.29) is 5.91 Å². The Morgan fingerprint density at radius 3 is 2.72 bits per heavy atom. The predicted molar refractivity (Wildman–Crippen MR) is 98.2 cm³/mol. The Morgan fingerprint density at radius 2 is 1.92 bits per heavy atom. The highest BCUT2D eigenvalue weighted by atomic mass is 35.5. The van der Waals surface area contributed by atoms with Gasteiger partial charge in [-0.25, -0.2) is 4.98 Å². The van der Waals surface area contributed by atoms with E-state index in [0.717, 1.165) is 29.9 Å². The molecule has 25 heavy (non-hydrogen) atoms. The molecule has 0 radical (unpaired) electrons. The van der Waals surface area contributed by atoms with Crippen LogP contribution in [-0.2, 0) is 17.9 Å². The zero-order valence-electron chi connectivity index (χ0n) is 13.8. The summed E-state index contributed by atoms with van der Waals surface area (Å²) in [5, 5.41) is 0.687.